The van der Waals surface area contributed by atoms with Crippen molar-refractivity contribution in [3.05, 3.63) is 53.6 Å². The SMILES string of the molecule is C/C=C/CCCCCCCCCOC(=O)c1cccc(S(=O)(=O)[O-])c1C(=O)OCCCCCCCCC/C=C/C.[K+]. The molecule has 226 valence electrons. The van der Waals surface area contributed by atoms with Crippen molar-refractivity contribution >= 4 is 22.1 Å². The van der Waals surface area contributed by atoms with Crippen LogP contribution in [0.1, 0.15) is 137 Å². The molecule has 0 unspecified atom stereocenters. The summed E-state index contributed by atoms with van der Waals surface area (Å²) in [4.78, 5) is 24.8. The molecule has 0 aliphatic heterocycles. The summed E-state index contributed by atoms with van der Waals surface area (Å²) in [6.07, 6.45) is 25.2. The molecule has 0 atom stereocenters. The molecule has 0 heterocycles. The van der Waals surface area contributed by atoms with Crippen LogP contribution >= 0.6 is 0 Å². The molecule has 0 radical (unpaired) electrons. The Balaban J connectivity index is 0.0000160. The van der Waals surface area contributed by atoms with Crippen LogP contribution in [0, 0.1) is 0 Å². The number of hydrogen-bond donors (Lipinski definition) is 0. The number of ether oxygens (including phenoxy) is 2. The second kappa shape index (κ2) is 25.7. The third-order valence-corrected chi connectivity index (χ3v) is 7.57. The Labute approximate surface area is 291 Å². The molecule has 1 aromatic rings. The van der Waals surface area contributed by atoms with Crippen LogP contribution in [0.3, 0.4) is 0 Å². The van der Waals surface area contributed by atoms with E-state index in [2.05, 4.69) is 24.3 Å². The van der Waals surface area contributed by atoms with Crippen LogP contribution in [0.25, 0.3) is 0 Å². The Morgan fingerprint density at radius 1 is 0.683 bits per heavy atom. The van der Waals surface area contributed by atoms with Crippen molar-refractivity contribution in [3.63, 3.8) is 0 Å². The minimum absolute atomic E-state index is 0. The summed E-state index contributed by atoms with van der Waals surface area (Å²) >= 11 is 0. The third-order valence-electron chi connectivity index (χ3n) is 6.69. The van der Waals surface area contributed by atoms with E-state index in [1.54, 1.807) is 0 Å². The van der Waals surface area contributed by atoms with Gasteiger partial charge in [-0.3, -0.25) is 0 Å². The number of esters is 2. The van der Waals surface area contributed by atoms with Gasteiger partial charge in [0.15, 0.2) is 0 Å². The van der Waals surface area contributed by atoms with Crippen molar-refractivity contribution in [1.29, 1.82) is 0 Å². The number of benzene rings is 1. The predicted octanol–water partition coefficient (Wildman–Crippen LogP) is 5.30. The standard InChI is InChI=1S/C32H50O7S.K/c1-3-5-7-9-11-13-15-17-19-21-26-38-31(33)28-24-23-25-29(40(35,36)37)30(28)32(34)39-27-22-20-18-16-14-12-10-8-6-4-2;/h3-6,23-25H,7-22,26-27H2,1-2H3,(H,35,36,37);/q;+1/p-1/b5-3+,6-4+;. The van der Waals surface area contributed by atoms with Gasteiger partial charge < -0.3 is 14.0 Å². The zero-order valence-electron chi connectivity index (χ0n) is 25.5. The Morgan fingerprint density at radius 3 is 1.54 bits per heavy atom. The maximum Gasteiger partial charge on any atom is 1.00 e. The Kier molecular flexibility index (Phi) is 25.2. The maximum absolute atomic E-state index is 12.8. The van der Waals surface area contributed by atoms with Crippen LogP contribution in [0.4, 0.5) is 0 Å². The Bertz CT molecular complexity index is 1020. The van der Waals surface area contributed by atoms with Crippen LogP contribution in [-0.4, -0.2) is 38.1 Å². The van der Waals surface area contributed by atoms with E-state index in [-0.39, 0.29) is 70.2 Å². The molecule has 0 N–H and O–H groups in total. The summed E-state index contributed by atoms with van der Waals surface area (Å²) in [6.45, 7) is 4.28. The van der Waals surface area contributed by atoms with Crippen LogP contribution < -0.4 is 51.4 Å². The molecule has 0 spiro atoms. The number of carbonyl (C=O) groups excluding carboxylic acids is 2. The van der Waals surface area contributed by atoms with E-state index in [0.29, 0.717) is 12.8 Å². The largest absolute Gasteiger partial charge is 1.00 e. The van der Waals surface area contributed by atoms with Gasteiger partial charge in [0.1, 0.15) is 10.1 Å². The van der Waals surface area contributed by atoms with Crippen molar-refractivity contribution < 1.29 is 83.4 Å². The van der Waals surface area contributed by atoms with Crippen LogP contribution in [0.2, 0.25) is 0 Å². The molecule has 0 fully saturated rings. The summed E-state index contributed by atoms with van der Waals surface area (Å²) < 4.78 is 46.1. The third kappa shape index (κ3) is 19.2. The molecule has 41 heavy (non-hydrogen) atoms. The second-order valence-electron chi connectivity index (χ2n) is 10.1. The molecule has 0 saturated carbocycles. The Morgan fingerprint density at radius 2 is 1.10 bits per heavy atom. The van der Waals surface area contributed by atoms with Gasteiger partial charge in [0, 0.05) is 0 Å². The smallest absolute Gasteiger partial charge is 0.744 e. The van der Waals surface area contributed by atoms with E-state index in [9.17, 15) is 22.6 Å². The van der Waals surface area contributed by atoms with Crippen molar-refractivity contribution in [2.45, 2.75) is 121 Å². The molecule has 0 saturated heterocycles. The summed E-state index contributed by atoms with van der Waals surface area (Å²) in [5.74, 6) is -1.84. The first-order valence-electron chi connectivity index (χ1n) is 15.0. The molecule has 1 aromatic carbocycles. The number of allylic oxidation sites excluding steroid dienone is 4. The quantitative estimate of drug-likeness (QED) is 0.0539. The molecule has 0 aliphatic carbocycles. The van der Waals surface area contributed by atoms with Gasteiger partial charge in [0.05, 0.1) is 29.2 Å². The zero-order chi connectivity index (χ0) is 29.5. The molecule has 0 aromatic heterocycles. The molecule has 9 heteroatoms. The van der Waals surface area contributed by atoms with Gasteiger partial charge in [-0.1, -0.05) is 94.6 Å². The minimum atomic E-state index is -5.00. The van der Waals surface area contributed by atoms with E-state index in [0.717, 1.165) is 63.9 Å². The van der Waals surface area contributed by atoms with Crippen LogP contribution in [0.5, 0.6) is 0 Å². The average molecular weight is 617 g/mol. The Hall–Kier alpha value is -0.814. The summed E-state index contributed by atoms with van der Waals surface area (Å²) in [5, 5.41) is 0. The summed E-state index contributed by atoms with van der Waals surface area (Å²) in [7, 11) is -5.00. The van der Waals surface area contributed by atoms with E-state index < -0.39 is 32.5 Å². The van der Waals surface area contributed by atoms with Gasteiger partial charge >= 0.3 is 63.3 Å². The summed E-state index contributed by atoms with van der Waals surface area (Å²) in [6, 6.07) is 3.56. The second-order valence-corrected chi connectivity index (χ2v) is 11.4. The molecule has 0 aliphatic rings. The van der Waals surface area contributed by atoms with Gasteiger partial charge in [-0.25, -0.2) is 18.0 Å². The molecular formula is C32H49KO7S. The molecule has 0 amide bonds. The van der Waals surface area contributed by atoms with Gasteiger partial charge in [0.25, 0.3) is 0 Å². The first kappa shape index (κ1) is 40.2. The number of hydrogen-bond acceptors (Lipinski definition) is 7. The van der Waals surface area contributed by atoms with Gasteiger partial charge in [-0.2, -0.15) is 0 Å². The van der Waals surface area contributed by atoms with E-state index in [1.165, 1.54) is 44.2 Å². The van der Waals surface area contributed by atoms with Gasteiger partial charge in [0.2, 0.25) is 0 Å². The van der Waals surface area contributed by atoms with Crippen molar-refractivity contribution in [2.24, 2.45) is 0 Å². The van der Waals surface area contributed by atoms with Gasteiger partial charge in [-0.05, 0) is 64.5 Å². The fourth-order valence-electron chi connectivity index (χ4n) is 4.43. The zero-order valence-corrected chi connectivity index (χ0v) is 29.5. The van der Waals surface area contributed by atoms with Crippen molar-refractivity contribution in [2.75, 3.05) is 13.2 Å². The number of carbonyl (C=O) groups is 2. The van der Waals surface area contributed by atoms with E-state index in [4.69, 9.17) is 9.47 Å². The van der Waals surface area contributed by atoms with E-state index in [1.807, 2.05) is 13.8 Å². The van der Waals surface area contributed by atoms with Crippen molar-refractivity contribution in [1.82, 2.24) is 0 Å². The fourth-order valence-corrected chi connectivity index (χ4v) is 5.12. The van der Waals surface area contributed by atoms with Gasteiger partial charge in [-0.15, -0.1) is 0 Å². The van der Waals surface area contributed by atoms with Crippen LogP contribution in [-0.2, 0) is 19.6 Å². The maximum atomic E-state index is 12.8. The first-order valence-corrected chi connectivity index (χ1v) is 16.4. The van der Waals surface area contributed by atoms with E-state index >= 15 is 0 Å². The summed E-state index contributed by atoms with van der Waals surface area (Å²) in [5.41, 5.74) is -0.803. The predicted molar refractivity (Wildman–Crippen MR) is 158 cm³/mol. The topological polar surface area (TPSA) is 110 Å². The average Bonchev–Trinajstić information content (AvgIpc) is 2.93. The molecular weight excluding hydrogens is 568 g/mol. The first-order chi connectivity index (χ1) is 19.3. The minimum Gasteiger partial charge on any atom is -0.744 e. The normalized spacial score (nSPS) is 11.6. The number of unbranched alkanes of at least 4 members (excludes halogenated alkanes) is 14. The molecule has 7 nitrogen and oxygen atoms in total. The molecule has 0 bridgehead atoms. The monoisotopic (exact) mass is 616 g/mol. The molecule has 1 rings (SSSR count). The van der Waals surface area contributed by atoms with Crippen molar-refractivity contribution in [3.8, 4) is 0 Å². The fraction of sp³-hybridized carbons (Fsp3) is 0.625. The number of rotatable bonds is 23. The van der Waals surface area contributed by atoms with Crippen LogP contribution in [0.15, 0.2) is 47.4 Å².